The molecule has 2 atom stereocenters. The first kappa shape index (κ1) is 16.8. The van der Waals surface area contributed by atoms with E-state index >= 15 is 0 Å². The van der Waals surface area contributed by atoms with Crippen molar-refractivity contribution in [3.63, 3.8) is 0 Å². The van der Waals surface area contributed by atoms with Gasteiger partial charge in [-0.1, -0.05) is 30.7 Å². The number of para-hydroxylation sites is 1. The number of anilines is 1. The van der Waals surface area contributed by atoms with Crippen LogP contribution in [-0.2, 0) is 9.59 Å². The van der Waals surface area contributed by atoms with Crippen molar-refractivity contribution in [1.82, 2.24) is 5.32 Å². The molecule has 2 unspecified atom stereocenters. The SMILES string of the molecule is CC(CCO)CNC(=O)C1CC(=O)N(c2ccccc2Cl)C1. The fraction of sp³-hybridized carbons (Fsp3) is 0.500. The second-order valence-electron chi connectivity index (χ2n) is 5.72. The summed E-state index contributed by atoms with van der Waals surface area (Å²) in [7, 11) is 0. The quantitative estimate of drug-likeness (QED) is 0.838. The van der Waals surface area contributed by atoms with Gasteiger partial charge >= 0.3 is 0 Å². The van der Waals surface area contributed by atoms with Gasteiger partial charge in [0, 0.05) is 26.1 Å². The van der Waals surface area contributed by atoms with E-state index < -0.39 is 0 Å². The lowest BCUT2D eigenvalue weighted by atomic mass is 10.1. The monoisotopic (exact) mass is 324 g/mol. The molecule has 0 aliphatic carbocycles. The molecule has 1 aliphatic rings. The number of hydrogen-bond acceptors (Lipinski definition) is 3. The molecule has 0 bridgehead atoms. The molecule has 1 aromatic rings. The fourth-order valence-corrected chi connectivity index (χ4v) is 2.77. The number of aliphatic hydroxyl groups excluding tert-OH is 1. The van der Waals surface area contributed by atoms with Gasteiger partial charge in [-0.2, -0.15) is 0 Å². The van der Waals surface area contributed by atoms with Crippen molar-refractivity contribution in [3.05, 3.63) is 29.3 Å². The fourth-order valence-electron chi connectivity index (χ4n) is 2.53. The molecule has 0 aromatic heterocycles. The Labute approximate surface area is 135 Å². The maximum atomic E-state index is 12.2. The number of carbonyl (C=O) groups excluding carboxylic acids is 2. The highest BCUT2D eigenvalue weighted by molar-refractivity contribution is 6.33. The minimum absolute atomic E-state index is 0.0864. The van der Waals surface area contributed by atoms with E-state index in [-0.39, 0.29) is 36.7 Å². The van der Waals surface area contributed by atoms with Crippen LogP contribution in [0, 0.1) is 11.8 Å². The van der Waals surface area contributed by atoms with Crippen LogP contribution >= 0.6 is 11.6 Å². The second-order valence-corrected chi connectivity index (χ2v) is 6.13. The van der Waals surface area contributed by atoms with Gasteiger partial charge < -0.3 is 15.3 Å². The number of rotatable bonds is 6. The summed E-state index contributed by atoms with van der Waals surface area (Å²) in [5.74, 6) is -0.347. The summed E-state index contributed by atoms with van der Waals surface area (Å²) < 4.78 is 0. The zero-order chi connectivity index (χ0) is 16.1. The average molecular weight is 325 g/mol. The highest BCUT2D eigenvalue weighted by Crippen LogP contribution is 2.30. The van der Waals surface area contributed by atoms with Gasteiger partial charge in [0.2, 0.25) is 11.8 Å². The summed E-state index contributed by atoms with van der Waals surface area (Å²) >= 11 is 6.12. The molecule has 2 rings (SSSR count). The number of benzene rings is 1. The molecule has 0 radical (unpaired) electrons. The standard InChI is InChI=1S/C16H21ClN2O3/c1-11(6-7-20)9-18-16(22)12-8-15(21)19(10-12)14-5-3-2-4-13(14)17/h2-5,11-12,20H,6-10H2,1H3,(H,18,22). The molecule has 1 aliphatic heterocycles. The summed E-state index contributed by atoms with van der Waals surface area (Å²) in [5.41, 5.74) is 0.651. The largest absolute Gasteiger partial charge is 0.396 e. The average Bonchev–Trinajstić information content (AvgIpc) is 2.87. The third-order valence-corrected chi connectivity index (χ3v) is 4.21. The Balaban J connectivity index is 1.94. The summed E-state index contributed by atoms with van der Waals surface area (Å²) in [4.78, 5) is 25.9. The summed E-state index contributed by atoms with van der Waals surface area (Å²) in [5, 5.41) is 12.2. The topological polar surface area (TPSA) is 69.6 Å². The minimum Gasteiger partial charge on any atom is -0.396 e. The van der Waals surface area contributed by atoms with Gasteiger partial charge in [-0.25, -0.2) is 0 Å². The Morgan fingerprint density at radius 3 is 2.91 bits per heavy atom. The van der Waals surface area contributed by atoms with Crippen molar-refractivity contribution in [2.75, 3.05) is 24.6 Å². The third-order valence-electron chi connectivity index (χ3n) is 3.89. The third kappa shape index (κ3) is 3.99. The second kappa shape index (κ2) is 7.61. The molecular weight excluding hydrogens is 304 g/mol. The molecular formula is C16H21ClN2O3. The Kier molecular flexibility index (Phi) is 5.80. The van der Waals surface area contributed by atoms with E-state index in [1.165, 1.54) is 0 Å². The molecule has 1 aromatic carbocycles. The first-order valence-corrected chi connectivity index (χ1v) is 7.84. The molecule has 1 saturated heterocycles. The van der Waals surface area contributed by atoms with E-state index in [0.29, 0.717) is 30.2 Å². The Morgan fingerprint density at radius 1 is 1.50 bits per heavy atom. The van der Waals surface area contributed by atoms with Gasteiger partial charge in [-0.3, -0.25) is 9.59 Å². The van der Waals surface area contributed by atoms with Crippen molar-refractivity contribution in [1.29, 1.82) is 0 Å². The predicted molar refractivity (Wildman–Crippen MR) is 85.8 cm³/mol. The van der Waals surface area contributed by atoms with Gasteiger partial charge in [-0.15, -0.1) is 0 Å². The molecule has 2 amide bonds. The van der Waals surface area contributed by atoms with Crippen molar-refractivity contribution in [2.24, 2.45) is 11.8 Å². The molecule has 1 fully saturated rings. The van der Waals surface area contributed by atoms with Crippen LogP contribution in [0.4, 0.5) is 5.69 Å². The Hall–Kier alpha value is -1.59. The summed E-state index contributed by atoms with van der Waals surface area (Å²) in [6, 6.07) is 7.13. The van der Waals surface area contributed by atoms with Gasteiger partial charge in [0.15, 0.2) is 0 Å². The van der Waals surface area contributed by atoms with Crippen LogP contribution < -0.4 is 10.2 Å². The Morgan fingerprint density at radius 2 is 2.23 bits per heavy atom. The lowest BCUT2D eigenvalue weighted by molar-refractivity contribution is -0.126. The van der Waals surface area contributed by atoms with E-state index in [1.54, 1.807) is 23.1 Å². The number of nitrogens with one attached hydrogen (secondary N) is 1. The van der Waals surface area contributed by atoms with Crippen LogP contribution in [0.15, 0.2) is 24.3 Å². The molecule has 0 spiro atoms. The maximum Gasteiger partial charge on any atom is 0.227 e. The van der Waals surface area contributed by atoms with Gasteiger partial charge in [0.1, 0.15) is 0 Å². The van der Waals surface area contributed by atoms with Crippen LogP contribution in [-0.4, -0.2) is 36.6 Å². The molecule has 2 N–H and O–H groups in total. The molecule has 6 heteroatoms. The van der Waals surface area contributed by atoms with Crippen LogP contribution in [0.3, 0.4) is 0 Å². The molecule has 1 heterocycles. The van der Waals surface area contributed by atoms with Crippen LogP contribution in [0.2, 0.25) is 5.02 Å². The van der Waals surface area contributed by atoms with Crippen molar-refractivity contribution in [2.45, 2.75) is 19.8 Å². The number of nitrogens with zero attached hydrogens (tertiary/aromatic N) is 1. The minimum atomic E-state index is -0.356. The lowest BCUT2D eigenvalue weighted by Crippen LogP contribution is -2.35. The number of halogens is 1. The predicted octanol–water partition coefficient (Wildman–Crippen LogP) is 1.83. The Bertz CT molecular complexity index is 550. The first-order valence-electron chi connectivity index (χ1n) is 7.46. The first-order chi connectivity index (χ1) is 10.5. The molecule has 120 valence electrons. The molecule has 0 saturated carbocycles. The van der Waals surface area contributed by atoms with Gasteiger partial charge in [-0.05, 0) is 24.5 Å². The summed E-state index contributed by atoms with van der Waals surface area (Å²) in [6.07, 6.45) is 0.848. The number of carbonyl (C=O) groups is 2. The van der Waals surface area contributed by atoms with Crippen LogP contribution in [0.25, 0.3) is 0 Å². The van der Waals surface area contributed by atoms with Crippen molar-refractivity contribution < 1.29 is 14.7 Å². The zero-order valence-electron chi connectivity index (χ0n) is 12.6. The van der Waals surface area contributed by atoms with Gasteiger partial charge in [0.05, 0.1) is 16.6 Å². The zero-order valence-corrected chi connectivity index (χ0v) is 13.3. The highest BCUT2D eigenvalue weighted by atomic mass is 35.5. The van der Waals surface area contributed by atoms with E-state index in [9.17, 15) is 9.59 Å². The van der Waals surface area contributed by atoms with Crippen molar-refractivity contribution in [3.8, 4) is 0 Å². The summed E-state index contributed by atoms with van der Waals surface area (Å²) in [6.45, 7) is 2.94. The molecule has 5 nitrogen and oxygen atoms in total. The van der Waals surface area contributed by atoms with Crippen LogP contribution in [0.1, 0.15) is 19.8 Å². The van der Waals surface area contributed by atoms with Crippen LogP contribution in [0.5, 0.6) is 0 Å². The lowest BCUT2D eigenvalue weighted by Gasteiger charge is -2.18. The highest BCUT2D eigenvalue weighted by Gasteiger charge is 2.35. The van der Waals surface area contributed by atoms with E-state index in [4.69, 9.17) is 16.7 Å². The molecule has 22 heavy (non-hydrogen) atoms. The van der Waals surface area contributed by atoms with E-state index in [0.717, 1.165) is 0 Å². The number of aliphatic hydroxyl groups is 1. The number of amides is 2. The maximum absolute atomic E-state index is 12.2. The van der Waals surface area contributed by atoms with E-state index in [1.807, 2.05) is 13.0 Å². The number of hydrogen-bond donors (Lipinski definition) is 2. The van der Waals surface area contributed by atoms with Gasteiger partial charge in [0.25, 0.3) is 0 Å². The van der Waals surface area contributed by atoms with E-state index in [2.05, 4.69) is 5.32 Å². The normalized spacial score (nSPS) is 19.3. The van der Waals surface area contributed by atoms with Crippen molar-refractivity contribution >= 4 is 29.1 Å². The smallest absolute Gasteiger partial charge is 0.227 e.